The smallest absolute Gasteiger partial charge is 0.245 e. The molecule has 0 fully saturated rings. The van der Waals surface area contributed by atoms with E-state index < -0.39 is 5.54 Å². The maximum atomic E-state index is 11.2. The zero-order valence-corrected chi connectivity index (χ0v) is 9.10. The molecule has 0 heterocycles. The van der Waals surface area contributed by atoms with Crippen LogP contribution in [-0.4, -0.2) is 17.0 Å². The van der Waals surface area contributed by atoms with Gasteiger partial charge < -0.3 is 5.73 Å². The summed E-state index contributed by atoms with van der Waals surface area (Å²) in [6, 6.07) is 0. The first-order valence-electron chi connectivity index (χ1n) is 4.36. The van der Waals surface area contributed by atoms with Crippen molar-refractivity contribution in [1.82, 2.24) is 5.48 Å². The van der Waals surface area contributed by atoms with Crippen molar-refractivity contribution in [3.8, 4) is 0 Å². The first-order valence-corrected chi connectivity index (χ1v) is 4.36. The second-order valence-corrected chi connectivity index (χ2v) is 4.91. The van der Waals surface area contributed by atoms with Crippen LogP contribution in [0.15, 0.2) is 0 Å². The molecule has 0 unspecified atom stereocenters. The van der Waals surface area contributed by atoms with Crippen LogP contribution in [0.5, 0.6) is 0 Å². The second-order valence-electron chi connectivity index (χ2n) is 4.91. The van der Waals surface area contributed by atoms with Crippen LogP contribution in [-0.2, 0) is 9.63 Å². The molecule has 0 spiro atoms. The van der Waals surface area contributed by atoms with Gasteiger partial charge in [-0.15, -0.1) is 0 Å². The Morgan fingerprint density at radius 3 is 2.08 bits per heavy atom. The van der Waals surface area contributed by atoms with E-state index >= 15 is 0 Å². The Balaban J connectivity index is 3.78. The van der Waals surface area contributed by atoms with E-state index in [-0.39, 0.29) is 17.9 Å². The van der Waals surface area contributed by atoms with E-state index in [1.165, 1.54) is 0 Å². The van der Waals surface area contributed by atoms with Gasteiger partial charge in [0, 0.05) is 12.0 Å². The molecule has 0 aromatic heterocycles. The maximum absolute atomic E-state index is 11.2. The Labute approximate surface area is 79.8 Å². The van der Waals surface area contributed by atoms with Gasteiger partial charge in [-0.25, -0.2) is 5.48 Å². The van der Waals surface area contributed by atoms with Crippen LogP contribution in [0.1, 0.15) is 41.0 Å². The molecule has 13 heavy (non-hydrogen) atoms. The predicted molar refractivity (Wildman–Crippen MR) is 51.9 cm³/mol. The van der Waals surface area contributed by atoms with E-state index in [4.69, 9.17) is 10.6 Å². The van der Waals surface area contributed by atoms with Gasteiger partial charge >= 0.3 is 0 Å². The molecule has 0 radical (unpaired) electrons. The van der Waals surface area contributed by atoms with Crippen LogP contribution < -0.4 is 11.2 Å². The van der Waals surface area contributed by atoms with Crippen molar-refractivity contribution in [2.24, 2.45) is 5.73 Å². The molecular formula is C9H20N2O2. The second kappa shape index (κ2) is 4.07. The van der Waals surface area contributed by atoms with Crippen LogP contribution in [0.2, 0.25) is 0 Å². The van der Waals surface area contributed by atoms with Gasteiger partial charge in [0.1, 0.15) is 0 Å². The molecule has 0 rings (SSSR count). The molecule has 0 aromatic carbocycles. The van der Waals surface area contributed by atoms with Crippen molar-refractivity contribution in [3.05, 3.63) is 0 Å². The van der Waals surface area contributed by atoms with Gasteiger partial charge in [0.25, 0.3) is 0 Å². The van der Waals surface area contributed by atoms with Crippen molar-refractivity contribution in [2.75, 3.05) is 0 Å². The van der Waals surface area contributed by atoms with Crippen LogP contribution in [0.4, 0.5) is 0 Å². The summed E-state index contributed by atoms with van der Waals surface area (Å²) in [5.41, 5.74) is 7.16. The minimum Gasteiger partial charge on any atom is -0.325 e. The first-order chi connectivity index (χ1) is 5.60. The van der Waals surface area contributed by atoms with Gasteiger partial charge in [-0.1, -0.05) is 0 Å². The molecular weight excluding hydrogens is 168 g/mol. The van der Waals surface area contributed by atoms with Gasteiger partial charge in [-0.05, 0) is 34.6 Å². The summed E-state index contributed by atoms with van der Waals surface area (Å²) in [6.07, 6.45) is 0.253. The fraction of sp³-hybridized carbons (Fsp3) is 0.889. The van der Waals surface area contributed by atoms with Crippen LogP contribution >= 0.6 is 0 Å². The Bertz CT molecular complexity index is 177. The molecule has 0 aliphatic carbocycles. The Morgan fingerprint density at radius 1 is 1.31 bits per heavy atom. The highest BCUT2D eigenvalue weighted by molar-refractivity contribution is 5.75. The summed E-state index contributed by atoms with van der Waals surface area (Å²) in [7, 11) is 0. The maximum Gasteiger partial charge on any atom is 0.245 e. The number of rotatable bonds is 3. The highest BCUT2D eigenvalue weighted by Crippen LogP contribution is 2.06. The zero-order valence-electron chi connectivity index (χ0n) is 9.10. The molecule has 0 atom stereocenters. The summed E-state index contributed by atoms with van der Waals surface area (Å²) in [5, 5.41) is 0. The minimum atomic E-state index is -0.495. The van der Waals surface area contributed by atoms with E-state index in [0.29, 0.717) is 0 Å². The van der Waals surface area contributed by atoms with Crippen molar-refractivity contribution < 1.29 is 9.63 Å². The summed E-state index contributed by atoms with van der Waals surface area (Å²) in [5.74, 6) is -0.192. The molecule has 4 heteroatoms. The summed E-state index contributed by atoms with van der Waals surface area (Å²) in [6.45, 7) is 9.18. The number of hydrogen-bond acceptors (Lipinski definition) is 3. The van der Waals surface area contributed by atoms with Crippen molar-refractivity contribution in [2.45, 2.75) is 52.2 Å². The van der Waals surface area contributed by atoms with E-state index in [9.17, 15) is 4.79 Å². The molecule has 3 N–H and O–H groups in total. The number of nitrogens with two attached hydrogens (primary N) is 1. The molecule has 0 saturated heterocycles. The lowest BCUT2D eigenvalue weighted by molar-refractivity contribution is -0.146. The topological polar surface area (TPSA) is 64.4 Å². The highest BCUT2D eigenvalue weighted by atomic mass is 16.7. The third-order valence-electron chi connectivity index (χ3n) is 1.09. The normalized spacial score (nSPS) is 12.8. The van der Waals surface area contributed by atoms with Gasteiger partial charge in [0.05, 0.1) is 5.60 Å². The van der Waals surface area contributed by atoms with Crippen molar-refractivity contribution >= 4 is 5.91 Å². The molecule has 1 amide bonds. The monoisotopic (exact) mass is 188 g/mol. The van der Waals surface area contributed by atoms with E-state index in [2.05, 4.69) is 5.48 Å². The predicted octanol–water partition coefficient (Wildman–Crippen LogP) is 0.960. The first kappa shape index (κ1) is 12.4. The van der Waals surface area contributed by atoms with E-state index in [1.807, 2.05) is 20.8 Å². The summed E-state index contributed by atoms with van der Waals surface area (Å²) >= 11 is 0. The molecule has 0 aliphatic heterocycles. The van der Waals surface area contributed by atoms with Gasteiger partial charge in [0.15, 0.2) is 0 Å². The lowest BCUT2D eigenvalue weighted by atomic mass is 10.0. The molecule has 4 nitrogen and oxygen atoms in total. The third kappa shape index (κ3) is 9.30. The molecule has 0 aromatic rings. The lowest BCUT2D eigenvalue weighted by Gasteiger charge is -2.22. The quantitative estimate of drug-likeness (QED) is 0.648. The SMILES string of the molecule is CC(C)(N)CC(=O)NOC(C)(C)C. The minimum absolute atomic E-state index is 0.192. The fourth-order valence-corrected chi connectivity index (χ4v) is 0.660. The summed E-state index contributed by atoms with van der Waals surface area (Å²) < 4.78 is 0. The third-order valence-corrected chi connectivity index (χ3v) is 1.09. The zero-order chi connectivity index (χ0) is 10.7. The summed E-state index contributed by atoms with van der Waals surface area (Å²) in [4.78, 5) is 16.3. The average Bonchev–Trinajstić information content (AvgIpc) is 1.78. The molecule has 78 valence electrons. The number of carbonyl (C=O) groups excluding carboxylic acids is 1. The van der Waals surface area contributed by atoms with Crippen LogP contribution in [0, 0.1) is 0 Å². The fourth-order valence-electron chi connectivity index (χ4n) is 0.660. The number of hydroxylamine groups is 1. The highest BCUT2D eigenvalue weighted by Gasteiger charge is 2.18. The van der Waals surface area contributed by atoms with Crippen molar-refractivity contribution in [1.29, 1.82) is 0 Å². The molecule has 0 saturated carbocycles. The Hall–Kier alpha value is -0.610. The lowest BCUT2D eigenvalue weighted by Crippen LogP contribution is -2.41. The Kier molecular flexibility index (Phi) is 3.88. The van der Waals surface area contributed by atoms with Crippen LogP contribution in [0.25, 0.3) is 0 Å². The standard InChI is InChI=1S/C9H20N2O2/c1-8(2,3)13-11-7(12)6-9(4,5)10/h6,10H2,1-5H3,(H,11,12). The van der Waals surface area contributed by atoms with Gasteiger partial charge in [0.2, 0.25) is 5.91 Å². The number of carbonyl (C=O) groups is 1. The number of hydrogen-bond donors (Lipinski definition) is 2. The van der Waals surface area contributed by atoms with Crippen LogP contribution in [0.3, 0.4) is 0 Å². The van der Waals surface area contributed by atoms with E-state index in [1.54, 1.807) is 13.8 Å². The number of amides is 1. The molecule has 0 aliphatic rings. The van der Waals surface area contributed by atoms with Gasteiger partial charge in [-0.3, -0.25) is 9.63 Å². The van der Waals surface area contributed by atoms with Gasteiger partial charge in [-0.2, -0.15) is 0 Å². The molecule has 0 bridgehead atoms. The number of nitrogens with one attached hydrogen (secondary N) is 1. The van der Waals surface area contributed by atoms with Crippen molar-refractivity contribution in [3.63, 3.8) is 0 Å². The average molecular weight is 188 g/mol. The van der Waals surface area contributed by atoms with E-state index in [0.717, 1.165) is 0 Å². The largest absolute Gasteiger partial charge is 0.325 e. The Morgan fingerprint density at radius 2 is 1.77 bits per heavy atom.